The number of aromatic nitrogens is 4. The lowest BCUT2D eigenvalue weighted by Crippen LogP contribution is -2.24. The number of fused-ring (bicyclic) bond motifs is 3. The van der Waals surface area contributed by atoms with Crippen LogP contribution in [0, 0.1) is 12.7 Å². The van der Waals surface area contributed by atoms with Gasteiger partial charge in [0.05, 0.1) is 31.8 Å². The van der Waals surface area contributed by atoms with Gasteiger partial charge >= 0.3 is 0 Å². The van der Waals surface area contributed by atoms with Crippen molar-refractivity contribution in [3.63, 3.8) is 0 Å². The number of carbonyl (C=O) groups is 1. The minimum atomic E-state index is -0.595. The van der Waals surface area contributed by atoms with E-state index in [-0.39, 0.29) is 18.0 Å². The van der Waals surface area contributed by atoms with Crippen molar-refractivity contribution in [2.75, 3.05) is 19.5 Å². The number of aryl methyl sites for hydroxylation is 1. The molecule has 5 aromatic rings. The first-order valence-electron chi connectivity index (χ1n) is 11.1. The summed E-state index contributed by atoms with van der Waals surface area (Å²) in [5, 5.41) is 7.05. The zero-order valence-electron chi connectivity index (χ0n) is 19.8. The number of rotatable bonds is 6. The predicted molar refractivity (Wildman–Crippen MR) is 132 cm³/mol. The Morgan fingerprint density at radius 2 is 1.81 bits per heavy atom. The van der Waals surface area contributed by atoms with Crippen LogP contribution < -0.4 is 20.3 Å². The van der Waals surface area contributed by atoms with Crippen molar-refractivity contribution in [2.24, 2.45) is 0 Å². The van der Waals surface area contributed by atoms with E-state index < -0.39 is 17.3 Å². The third-order valence-corrected chi connectivity index (χ3v) is 5.77. The molecule has 0 aliphatic heterocycles. The molecular weight excluding hydrogens is 465 g/mol. The molecule has 1 N–H and O–H groups in total. The summed E-state index contributed by atoms with van der Waals surface area (Å²) in [6.45, 7) is 2.04. The normalized spacial score (nSPS) is 11.1. The van der Waals surface area contributed by atoms with Gasteiger partial charge in [-0.25, -0.2) is 8.91 Å². The summed E-state index contributed by atoms with van der Waals surface area (Å²) in [4.78, 5) is 30.7. The molecule has 9 nitrogen and oxygen atoms in total. The first kappa shape index (κ1) is 23.0. The van der Waals surface area contributed by atoms with Crippen LogP contribution in [0.1, 0.15) is 21.7 Å². The highest BCUT2D eigenvalue weighted by Crippen LogP contribution is 2.30. The highest BCUT2D eigenvalue weighted by atomic mass is 19.1. The summed E-state index contributed by atoms with van der Waals surface area (Å²) >= 11 is 0. The highest BCUT2D eigenvalue weighted by molar-refractivity contribution is 6.02. The first-order chi connectivity index (χ1) is 17.4. The Morgan fingerprint density at radius 1 is 1.00 bits per heavy atom. The number of amides is 1. The number of halogens is 1. The van der Waals surface area contributed by atoms with Crippen molar-refractivity contribution >= 4 is 28.3 Å². The first-order valence-corrected chi connectivity index (χ1v) is 11.1. The number of nitrogens with zero attached hydrogens (tertiary/aromatic N) is 4. The van der Waals surface area contributed by atoms with Crippen LogP contribution in [0.3, 0.4) is 0 Å². The summed E-state index contributed by atoms with van der Waals surface area (Å²) in [5.74, 6) is -0.199. The Bertz CT molecular complexity index is 1690. The molecule has 0 bridgehead atoms. The predicted octanol–water partition coefficient (Wildman–Crippen LogP) is 3.81. The molecule has 0 saturated heterocycles. The number of benzene rings is 3. The van der Waals surface area contributed by atoms with Crippen LogP contribution in [0.2, 0.25) is 0 Å². The molecule has 0 fully saturated rings. The number of carbonyl (C=O) groups excluding carboxylic acids is 1. The number of nitrogens with one attached hydrogen (secondary N) is 1. The topological polar surface area (TPSA) is 99.8 Å². The monoisotopic (exact) mass is 487 g/mol. The van der Waals surface area contributed by atoms with E-state index in [1.807, 2.05) is 25.1 Å². The molecule has 36 heavy (non-hydrogen) atoms. The van der Waals surface area contributed by atoms with Gasteiger partial charge in [0.1, 0.15) is 5.82 Å². The van der Waals surface area contributed by atoms with E-state index in [2.05, 4.69) is 15.4 Å². The third-order valence-electron chi connectivity index (χ3n) is 5.77. The fourth-order valence-corrected chi connectivity index (χ4v) is 4.05. The second-order valence-electron chi connectivity index (χ2n) is 8.21. The quantitative estimate of drug-likeness (QED) is 0.391. The van der Waals surface area contributed by atoms with E-state index in [1.165, 1.54) is 35.4 Å². The molecule has 0 aliphatic carbocycles. The van der Waals surface area contributed by atoms with Gasteiger partial charge in [-0.15, -0.1) is 5.10 Å². The van der Waals surface area contributed by atoms with Gasteiger partial charge in [0.25, 0.3) is 11.5 Å². The van der Waals surface area contributed by atoms with Crippen molar-refractivity contribution in [2.45, 2.75) is 13.5 Å². The largest absolute Gasteiger partial charge is 0.493 e. The zero-order valence-corrected chi connectivity index (χ0v) is 19.8. The molecule has 10 heteroatoms. The molecule has 0 aliphatic rings. The molecular formula is C26H22FN5O4. The van der Waals surface area contributed by atoms with Crippen molar-refractivity contribution in [3.05, 3.63) is 93.8 Å². The molecule has 2 heterocycles. The van der Waals surface area contributed by atoms with Crippen LogP contribution in [-0.4, -0.2) is 39.3 Å². The summed E-state index contributed by atoms with van der Waals surface area (Å²) < 4.78 is 27.2. The van der Waals surface area contributed by atoms with Crippen molar-refractivity contribution < 1.29 is 18.7 Å². The summed E-state index contributed by atoms with van der Waals surface area (Å²) in [6.07, 6.45) is 0. The standard InChI is InChI=1S/C26H22FN5O4/c1-15-7-9-19-20(11-15)31(14-16-5-4-6-17(27)12-16)26(34)24-29-23(30-32(19)24)25(33)28-18-8-10-21(35-2)22(13-18)36-3/h4-13H,14H2,1-3H3,(H,28,33). The molecule has 2 aromatic heterocycles. The number of anilines is 1. The molecule has 3 aromatic carbocycles. The van der Waals surface area contributed by atoms with Crippen molar-refractivity contribution in [1.29, 1.82) is 0 Å². The smallest absolute Gasteiger partial charge is 0.296 e. The Morgan fingerprint density at radius 3 is 2.56 bits per heavy atom. The molecule has 0 spiro atoms. The number of hydrogen-bond donors (Lipinski definition) is 1. The summed E-state index contributed by atoms with van der Waals surface area (Å²) in [5.41, 5.74) is 2.71. The molecule has 0 radical (unpaired) electrons. The van der Waals surface area contributed by atoms with Gasteiger partial charge in [-0.2, -0.15) is 4.98 Å². The van der Waals surface area contributed by atoms with E-state index in [0.29, 0.717) is 33.8 Å². The lowest BCUT2D eigenvalue weighted by molar-refractivity contribution is 0.101. The maximum absolute atomic E-state index is 13.8. The van der Waals surface area contributed by atoms with Crippen LogP contribution in [0.25, 0.3) is 16.7 Å². The summed E-state index contributed by atoms with van der Waals surface area (Å²) in [6, 6.07) is 16.5. The second kappa shape index (κ2) is 9.14. The Balaban J connectivity index is 1.59. The lowest BCUT2D eigenvalue weighted by atomic mass is 10.2. The van der Waals surface area contributed by atoms with Crippen LogP contribution in [-0.2, 0) is 6.54 Å². The van der Waals surface area contributed by atoms with Crippen LogP contribution >= 0.6 is 0 Å². The number of ether oxygens (including phenoxy) is 2. The van der Waals surface area contributed by atoms with E-state index in [1.54, 1.807) is 30.3 Å². The number of methoxy groups -OCH3 is 2. The van der Waals surface area contributed by atoms with E-state index >= 15 is 0 Å². The SMILES string of the molecule is COc1ccc(NC(=O)c2nc3c(=O)n(Cc4cccc(F)c4)c4cc(C)ccc4n3n2)cc1OC. The third kappa shape index (κ3) is 4.13. The fraction of sp³-hybridized carbons (Fsp3) is 0.154. The summed E-state index contributed by atoms with van der Waals surface area (Å²) in [7, 11) is 3.01. The molecule has 1 amide bonds. The van der Waals surface area contributed by atoms with E-state index in [0.717, 1.165) is 5.56 Å². The molecule has 5 rings (SSSR count). The molecule has 0 unspecified atom stereocenters. The highest BCUT2D eigenvalue weighted by Gasteiger charge is 2.20. The maximum atomic E-state index is 13.8. The van der Waals surface area contributed by atoms with Crippen molar-refractivity contribution in [1.82, 2.24) is 19.2 Å². The maximum Gasteiger partial charge on any atom is 0.296 e. The van der Waals surface area contributed by atoms with Gasteiger partial charge in [0.15, 0.2) is 11.5 Å². The average Bonchev–Trinajstić information content (AvgIpc) is 3.32. The van der Waals surface area contributed by atoms with Gasteiger partial charge in [-0.3, -0.25) is 14.2 Å². The lowest BCUT2D eigenvalue weighted by Gasteiger charge is -2.12. The zero-order chi connectivity index (χ0) is 25.4. The van der Waals surface area contributed by atoms with E-state index in [4.69, 9.17) is 9.47 Å². The second-order valence-corrected chi connectivity index (χ2v) is 8.21. The van der Waals surface area contributed by atoms with Crippen molar-refractivity contribution in [3.8, 4) is 11.5 Å². The van der Waals surface area contributed by atoms with Gasteiger partial charge < -0.3 is 14.8 Å². The number of hydrogen-bond acceptors (Lipinski definition) is 6. The Hall–Kier alpha value is -4.73. The van der Waals surface area contributed by atoms with Crippen LogP contribution in [0.4, 0.5) is 10.1 Å². The molecule has 0 atom stereocenters. The molecule has 182 valence electrons. The molecule has 0 saturated carbocycles. The van der Waals surface area contributed by atoms with Gasteiger partial charge in [-0.1, -0.05) is 18.2 Å². The van der Waals surface area contributed by atoms with E-state index in [9.17, 15) is 14.0 Å². The Labute approximate surface area is 204 Å². The van der Waals surface area contributed by atoms with Gasteiger partial charge in [-0.05, 0) is 54.4 Å². The van der Waals surface area contributed by atoms with Crippen LogP contribution in [0.5, 0.6) is 11.5 Å². The van der Waals surface area contributed by atoms with Gasteiger partial charge in [0, 0.05) is 11.8 Å². The minimum absolute atomic E-state index is 0.0137. The average molecular weight is 487 g/mol. The minimum Gasteiger partial charge on any atom is -0.493 e. The van der Waals surface area contributed by atoms with Crippen LogP contribution in [0.15, 0.2) is 65.5 Å². The fourth-order valence-electron chi connectivity index (χ4n) is 4.05. The van der Waals surface area contributed by atoms with Gasteiger partial charge in [0.2, 0.25) is 11.5 Å². The Kier molecular flexibility index (Phi) is 5.85.